The van der Waals surface area contributed by atoms with E-state index in [1.807, 2.05) is 12.1 Å². The second kappa shape index (κ2) is 7.93. The van der Waals surface area contributed by atoms with Crippen LogP contribution in [0.4, 0.5) is 18.9 Å². The molecule has 0 unspecified atom stereocenters. The van der Waals surface area contributed by atoms with Crippen molar-refractivity contribution < 1.29 is 21.6 Å². The monoisotopic (exact) mass is 494 g/mol. The van der Waals surface area contributed by atoms with E-state index in [4.69, 9.17) is 23.2 Å². The van der Waals surface area contributed by atoms with Crippen molar-refractivity contribution in [2.24, 2.45) is 4.99 Å². The van der Waals surface area contributed by atoms with Crippen LogP contribution in [-0.2, 0) is 21.8 Å². The van der Waals surface area contributed by atoms with Crippen LogP contribution in [0, 0.1) is 0 Å². The number of aliphatic imine (C=N–C) groups is 1. The van der Waals surface area contributed by atoms with Crippen LogP contribution in [0.25, 0.3) is 0 Å². The highest BCUT2D eigenvalue weighted by atomic mass is 35.5. The smallest absolute Gasteiger partial charge is 0.313 e. The number of nitrogens with zero attached hydrogens (tertiary/aromatic N) is 2. The number of hydrogen-bond acceptors (Lipinski definition) is 5. The van der Waals surface area contributed by atoms with Gasteiger partial charge in [-0.3, -0.25) is 4.99 Å². The van der Waals surface area contributed by atoms with Crippen molar-refractivity contribution in [2.75, 3.05) is 16.4 Å². The Morgan fingerprint density at radius 2 is 1.80 bits per heavy atom. The van der Waals surface area contributed by atoms with E-state index in [1.54, 1.807) is 17.0 Å². The van der Waals surface area contributed by atoms with E-state index in [2.05, 4.69) is 4.99 Å². The predicted molar refractivity (Wildman–Crippen MR) is 115 cm³/mol. The van der Waals surface area contributed by atoms with Gasteiger partial charge in [0.1, 0.15) is 0 Å². The standard InChI is InChI=1S/C19H15Cl2F3N2O2S2/c20-13-4-1-11(2-5-13)8-29-18-25-15-9-30(27,28)10-17(15)26(18)16-7-12(19(22,23)24)3-6-14(16)21/h1-7,15,17H,8-10H2/t15-,17+/m1/s1. The highest BCUT2D eigenvalue weighted by Crippen LogP contribution is 2.41. The fraction of sp³-hybridized carbons (Fsp3) is 0.316. The number of rotatable bonds is 3. The summed E-state index contributed by atoms with van der Waals surface area (Å²) in [7, 11) is -3.33. The normalized spacial score (nSPS) is 22.8. The van der Waals surface area contributed by atoms with E-state index >= 15 is 0 Å². The number of hydrogen-bond donors (Lipinski definition) is 0. The van der Waals surface area contributed by atoms with Crippen LogP contribution in [0.5, 0.6) is 0 Å². The Hall–Kier alpha value is -1.42. The third kappa shape index (κ3) is 4.44. The number of sulfone groups is 1. The van der Waals surface area contributed by atoms with Gasteiger partial charge in [0.25, 0.3) is 0 Å². The maximum absolute atomic E-state index is 13.3. The minimum absolute atomic E-state index is 0.104. The number of thioether (sulfide) groups is 1. The summed E-state index contributed by atoms with van der Waals surface area (Å²) >= 11 is 13.5. The average Bonchev–Trinajstić information content (AvgIpc) is 3.12. The molecule has 0 amide bonds. The van der Waals surface area contributed by atoms with Crippen molar-refractivity contribution in [1.29, 1.82) is 0 Å². The van der Waals surface area contributed by atoms with Gasteiger partial charge in [0.05, 0.1) is 39.9 Å². The van der Waals surface area contributed by atoms with Crippen LogP contribution < -0.4 is 4.90 Å². The van der Waals surface area contributed by atoms with Gasteiger partial charge in [-0.1, -0.05) is 47.1 Å². The van der Waals surface area contributed by atoms with Crippen molar-refractivity contribution in [1.82, 2.24) is 0 Å². The second-order valence-electron chi connectivity index (χ2n) is 7.07. The molecule has 2 heterocycles. The fourth-order valence-electron chi connectivity index (χ4n) is 3.52. The molecule has 1 saturated heterocycles. The lowest BCUT2D eigenvalue weighted by Gasteiger charge is -2.28. The summed E-state index contributed by atoms with van der Waals surface area (Å²) in [6, 6.07) is 9.11. The highest BCUT2D eigenvalue weighted by Gasteiger charge is 2.48. The molecule has 0 bridgehead atoms. The molecule has 2 aromatic rings. The Bertz CT molecular complexity index is 1110. The average molecular weight is 495 g/mol. The van der Waals surface area contributed by atoms with Crippen LogP contribution in [0.15, 0.2) is 47.5 Å². The van der Waals surface area contributed by atoms with Gasteiger partial charge < -0.3 is 4.90 Å². The number of fused-ring (bicyclic) bond motifs is 1. The molecule has 0 radical (unpaired) electrons. The predicted octanol–water partition coefficient (Wildman–Crippen LogP) is 5.29. The zero-order valence-corrected chi connectivity index (χ0v) is 18.4. The zero-order valence-electron chi connectivity index (χ0n) is 15.2. The van der Waals surface area contributed by atoms with Crippen LogP contribution in [0.3, 0.4) is 0 Å². The van der Waals surface area contributed by atoms with Gasteiger partial charge in [0.15, 0.2) is 15.0 Å². The first-order valence-corrected chi connectivity index (χ1v) is 12.4. The maximum atomic E-state index is 13.3. The molecule has 0 saturated carbocycles. The first-order chi connectivity index (χ1) is 14.0. The van der Waals surface area contributed by atoms with E-state index in [-0.39, 0.29) is 22.2 Å². The largest absolute Gasteiger partial charge is 0.416 e. The molecule has 2 atom stereocenters. The maximum Gasteiger partial charge on any atom is 0.416 e. The molecule has 0 spiro atoms. The van der Waals surface area contributed by atoms with Crippen LogP contribution in [-0.4, -0.2) is 37.2 Å². The van der Waals surface area contributed by atoms with Crippen molar-refractivity contribution in [3.05, 3.63) is 63.6 Å². The topological polar surface area (TPSA) is 49.7 Å². The van der Waals surface area contributed by atoms with E-state index in [1.165, 1.54) is 17.8 Å². The summed E-state index contributed by atoms with van der Waals surface area (Å²) in [5.41, 5.74) is 0.207. The van der Waals surface area contributed by atoms with Crippen LogP contribution in [0.1, 0.15) is 11.1 Å². The molecule has 2 aromatic carbocycles. The van der Waals surface area contributed by atoms with Crippen molar-refractivity contribution in [2.45, 2.75) is 24.0 Å². The summed E-state index contributed by atoms with van der Waals surface area (Å²) in [5.74, 6) is 0.184. The lowest BCUT2D eigenvalue weighted by atomic mass is 10.1. The van der Waals surface area contributed by atoms with Gasteiger partial charge in [0, 0.05) is 10.8 Å². The van der Waals surface area contributed by atoms with Gasteiger partial charge in [-0.25, -0.2) is 8.42 Å². The minimum atomic E-state index is -4.55. The molecule has 11 heteroatoms. The molecule has 2 aliphatic rings. The molecule has 4 nitrogen and oxygen atoms in total. The van der Waals surface area contributed by atoms with Gasteiger partial charge in [-0.2, -0.15) is 13.2 Å². The Kier molecular flexibility index (Phi) is 5.76. The Morgan fingerprint density at radius 3 is 2.47 bits per heavy atom. The van der Waals surface area contributed by atoms with Gasteiger partial charge in [-0.15, -0.1) is 0 Å². The van der Waals surface area contributed by atoms with Crippen LogP contribution in [0.2, 0.25) is 10.0 Å². The Labute approximate surface area is 186 Å². The van der Waals surface area contributed by atoms with E-state index in [0.717, 1.165) is 17.7 Å². The second-order valence-corrected chi connectivity index (χ2v) is 11.0. The molecule has 30 heavy (non-hydrogen) atoms. The van der Waals surface area contributed by atoms with Gasteiger partial charge in [0.2, 0.25) is 0 Å². The third-order valence-corrected chi connectivity index (χ3v) is 8.23. The SMILES string of the molecule is O=S1(=O)C[C@H]2N=C(SCc3ccc(Cl)cc3)N(c3cc(C(F)(F)F)ccc3Cl)[C@H]2C1. The quantitative estimate of drug-likeness (QED) is 0.581. The minimum Gasteiger partial charge on any atom is -0.313 e. The number of anilines is 1. The molecular formula is C19H15Cl2F3N2O2S2. The van der Waals surface area contributed by atoms with Crippen molar-refractivity contribution in [3.8, 4) is 0 Å². The molecule has 160 valence electrons. The first kappa shape index (κ1) is 21.8. The summed E-state index contributed by atoms with van der Waals surface area (Å²) in [5, 5.41) is 1.16. The number of alkyl halides is 3. The molecule has 0 N–H and O–H groups in total. The molecule has 0 aliphatic carbocycles. The van der Waals surface area contributed by atoms with Crippen molar-refractivity contribution in [3.63, 3.8) is 0 Å². The van der Waals surface area contributed by atoms with E-state index in [0.29, 0.717) is 15.9 Å². The zero-order chi connectivity index (χ0) is 21.7. The molecule has 4 rings (SSSR count). The lowest BCUT2D eigenvalue weighted by Crippen LogP contribution is -2.39. The van der Waals surface area contributed by atoms with Gasteiger partial charge >= 0.3 is 6.18 Å². The highest BCUT2D eigenvalue weighted by molar-refractivity contribution is 8.13. The Balaban J connectivity index is 1.69. The fourth-order valence-corrected chi connectivity index (χ4v) is 6.77. The summed E-state index contributed by atoms with van der Waals surface area (Å²) in [6.45, 7) is 0. The lowest BCUT2D eigenvalue weighted by molar-refractivity contribution is -0.137. The third-order valence-electron chi connectivity index (χ3n) is 4.92. The van der Waals surface area contributed by atoms with Crippen LogP contribution >= 0.6 is 35.0 Å². The summed E-state index contributed by atoms with van der Waals surface area (Å²) in [4.78, 5) is 6.08. The Morgan fingerprint density at radius 1 is 1.10 bits per heavy atom. The number of benzene rings is 2. The molecule has 1 fully saturated rings. The van der Waals surface area contributed by atoms with Gasteiger partial charge in [-0.05, 0) is 35.9 Å². The molecule has 0 aromatic heterocycles. The number of amidine groups is 1. The van der Waals surface area contributed by atoms with Crippen molar-refractivity contribution >= 4 is 55.7 Å². The summed E-state index contributed by atoms with van der Waals surface area (Å²) < 4.78 is 64.1. The first-order valence-electron chi connectivity index (χ1n) is 8.85. The molecule has 2 aliphatic heterocycles. The summed E-state index contributed by atoms with van der Waals surface area (Å²) in [6.07, 6.45) is -4.55. The van der Waals surface area contributed by atoms with E-state index < -0.39 is 33.7 Å². The molecular weight excluding hydrogens is 480 g/mol. The van der Waals surface area contributed by atoms with E-state index in [9.17, 15) is 21.6 Å². The number of halogens is 5.